The van der Waals surface area contributed by atoms with Crippen molar-refractivity contribution in [1.29, 1.82) is 0 Å². The van der Waals surface area contributed by atoms with Gasteiger partial charge in [0.15, 0.2) is 11.8 Å². The number of aromatic nitrogens is 3. The van der Waals surface area contributed by atoms with Crippen LogP contribution in [0.25, 0.3) is 5.69 Å². The standard InChI is InChI=1S/C23H30N6O.HI/c1-5-18(3)30-21-13-17(2)11-12-19(21)14-25-23(24-4)26-15-22-28-27-16-29(22)20-9-7-6-8-10-20;/h6-13,16,18H,5,14-15H2,1-4H3,(H2,24,25,26);1H. The van der Waals surface area contributed by atoms with E-state index in [2.05, 4.69) is 64.8 Å². The maximum atomic E-state index is 6.10. The van der Waals surface area contributed by atoms with Crippen molar-refractivity contribution in [2.75, 3.05) is 7.05 Å². The summed E-state index contributed by atoms with van der Waals surface area (Å²) in [5.41, 5.74) is 3.30. The Labute approximate surface area is 201 Å². The molecule has 1 aromatic heterocycles. The molecule has 8 heteroatoms. The number of nitrogens with zero attached hydrogens (tertiary/aromatic N) is 4. The summed E-state index contributed by atoms with van der Waals surface area (Å²) in [6, 6.07) is 16.3. The van der Waals surface area contributed by atoms with E-state index < -0.39 is 0 Å². The molecule has 7 nitrogen and oxygen atoms in total. The Morgan fingerprint density at radius 3 is 2.58 bits per heavy atom. The monoisotopic (exact) mass is 534 g/mol. The van der Waals surface area contributed by atoms with Crippen molar-refractivity contribution >= 4 is 29.9 Å². The number of nitrogens with one attached hydrogen (secondary N) is 2. The van der Waals surface area contributed by atoms with E-state index in [1.165, 1.54) is 5.56 Å². The number of hydrogen-bond acceptors (Lipinski definition) is 4. The van der Waals surface area contributed by atoms with Gasteiger partial charge in [0.05, 0.1) is 12.6 Å². The molecule has 3 aromatic rings. The van der Waals surface area contributed by atoms with Gasteiger partial charge >= 0.3 is 0 Å². The van der Waals surface area contributed by atoms with E-state index in [-0.39, 0.29) is 30.1 Å². The Morgan fingerprint density at radius 2 is 1.87 bits per heavy atom. The summed E-state index contributed by atoms with van der Waals surface area (Å²) in [7, 11) is 1.75. The smallest absolute Gasteiger partial charge is 0.191 e. The highest BCUT2D eigenvalue weighted by molar-refractivity contribution is 14.0. The second-order valence-corrected chi connectivity index (χ2v) is 7.18. The van der Waals surface area contributed by atoms with Crippen molar-refractivity contribution in [2.45, 2.75) is 46.4 Å². The third-order valence-electron chi connectivity index (χ3n) is 4.86. The molecular formula is C23H31IN6O. The van der Waals surface area contributed by atoms with Crippen molar-refractivity contribution < 1.29 is 4.74 Å². The number of halogens is 1. The fourth-order valence-corrected chi connectivity index (χ4v) is 2.96. The number of guanidine groups is 1. The SMILES string of the molecule is CCC(C)Oc1cc(C)ccc1CNC(=NC)NCc1nncn1-c1ccccc1.I. The minimum Gasteiger partial charge on any atom is -0.490 e. The molecule has 1 unspecified atom stereocenters. The zero-order valence-electron chi connectivity index (χ0n) is 18.5. The molecule has 0 spiro atoms. The Bertz CT molecular complexity index is 973. The number of rotatable bonds is 8. The fourth-order valence-electron chi connectivity index (χ4n) is 2.96. The molecule has 0 radical (unpaired) electrons. The van der Waals surface area contributed by atoms with Crippen LogP contribution in [0.3, 0.4) is 0 Å². The van der Waals surface area contributed by atoms with Gasteiger partial charge < -0.3 is 15.4 Å². The van der Waals surface area contributed by atoms with Gasteiger partial charge in [-0.05, 0) is 44.0 Å². The molecule has 0 bridgehead atoms. The highest BCUT2D eigenvalue weighted by atomic mass is 127. The minimum absolute atomic E-state index is 0. The Morgan fingerprint density at radius 1 is 1.13 bits per heavy atom. The van der Waals surface area contributed by atoms with Gasteiger partial charge in [-0.25, -0.2) is 0 Å². The van der Waals surface area contributed by atoms with Crippen molar-refractivity contribution in [1.82, 2.24) is 25.4 Å². The number of aryl methyl sites for hydroxylation is 1. The maximum Gasteiger partial charge on any atom is 0.191 e. The molecule has 2 N–H and O–H groups in total. The second-order valence-electron chi connectivity index (χ2n) is 7.18. The van der Waals surface area contributed by atoms with Gasteiger partial charge in [-0.2, -0.15) is 0 Å². The van der Waals surface area contributed by atoms with E-state index in [1.54, 1.807) is 13.4 Å². The number of benzene rings is 2. The van der Waals surface area contributed by atoms with Crippen molar-refractivity contribution in [3.63, 3.8) is 0 Å². The summed E-state index contributed by atoms with van der Waals surface area (Å²) < 4.78 is 8.06. The second kappa shape index (κ2) is 12.3. The van der Waals surface area contributed by atoms with E-state index in [1.807, 2.05) is 34.9 Å². The Hall–Kier alpha value is -2.62. The average molecular weight is 534 g/mol. The summed E-state index contributed by atoms with van der Waals surface area (Å²) in [4.78, 5) is 4.33. The molecule has 0 amide bonds. The van der Waals surface area contributed by atoms with Crippen LogP contribution in [-0.4, -0.2) is 33.9 Å². The van der Waals surface area contributed by atoms with E-state index >= 15 is 0 Å². The van der Waals surface area contributed by atoms with Crippen LogP contribution in [0.2, 0.25) is 0 Å². The van der Waals surface area contributed by atoms with Gasteiger partial charge in [-0.3, -0.25) is 9.56 Å². The van der Waals surface area contributed by atoms with E-state index in [0.29, 0.717) is 19.0 Å². The van der Waals surface area contributed by atoms with Crippen LogP contribution >= 0.6 is 24.0 Å². The molecule has 0 aliphatic carbocycles. The summed E-state index contributed by atoms with van der Waals surface area (Å²) in [5.74, 6) is 2.41. The number of aliphatic imine (C=N–C) groups is 1. The van der Waals surface area contributed by atoms with E-state index in [9.17, 15) is 0 Å². The van der Waals surface area contributed by atoms with Crippen LogP contribution in [0.1, 0.15) is 37.2 Å². The number of hydrogen-bond donors (Lipinski definition) is 2. The Kier molecular flexibility index (Phi) is 9.77. The molecule has 0 fully saturated rings. The zero-order valence-corrected chi connectivity index (χ0v) is 20.8. The lowest BCUT2D eigenvalue weighted by atomic mass is 10.1. The van der Waals surface area contributed by atoms with Gasteiger partial charge in [-0.15, -0.1) is 34.2 Å². The van der Waals surface area contributed by atoms with Gasteiger partial charge in [0.1, 0.15) is 12.1 Å². The lowest BCUT2D eigenvalue weighted by Gasteiger charge is -2.18. The van der Waals surface area contributed by atoms with Crippen LogP contribution in [-0.2, 0) is 13.1 Å². The quantitative estimate of drug-likeness (QED) is 0.257. The van der Waals surface area contributed by atoms with Gasteiger partial charge in [-0.1, -0.05) is 37.3 Å². The lowest BCUT2D eigenvalue weighted by Crippen LogP contribution is -2.37. The average Bonchev–Trinajstić information content (AvgIpc) is 3.24. The molecule has 31 heavy (non-hydrogen) atoms. The predicted molar refractivity (Wildman–Crippen MR) is 135 cm³/mol. The van der Waals surface area contributed by atoms with Crippen molar-refractivity contribution in [3.8, 4) is 11.4 Å². The first-order valence-electron chi connectivity index (χ1n) is 10.3. The lowest BCUT2D eigenvalue weighted by molar-refractivity contribution is 0.215. The normalized spacial score (nSPS) is 12.1. The van der Waals surface area contributed by atoms with Crippen LogP contribution in [0.15, 0.2) is 59.9 Å². The molecule has 1 atom stereocenters. The van der Waals surface area contributed by atoms with E-state index in [4.69, 9.17) is 4.74 Å². The summed E-state index contributed by atoms with van der Waals surface area (Å²) in [6.07, 6.45) is 2.85. The van der Waals surface area contributed by atoms with Crippen molar-refractivity contribution in [3.05, 3.63) is 71.8 Å². The predicted octanol–water partition coefficient (Wildman–Crippen LogP) is 4.24. The highest BCUT2D eigenvalue weighted by Gasteiger charge is 2.10. The zero-order chi connectivity index (χ0) is 21.3. The fraction of sp³-hybridized carbons (Fsp3) is 0.348. The number of ether oxygens (including phenoxy) is 1. The molecular weight excluding hydrogens is 503 g/mol. The molecule has 0 saturated heterocycles. The molecule has 0 saturated carbocycles. The summed E-state index contributed by atoms with van der Waals surface area (Å²) in [6.45, 7) is 7.39. The maximum absolute atomic E-state index is 6.10. The first-order valence-corrected chi connectivity index (χ1v) is 10.3. The van der Waals surface area contributed by atoms with Crippen LogP contribution in [0.4, 0.5) is 0 Å². The van der Waals surface area contributed by atoms with Crippen LogP contribution in [0.5, 0.6) is 5.75 Å². The largest absolute Gasteiger partial charge is 0.490 e. The highest BCUT2D eigenvalue weighted by Crippen LogP contribution is 2.22. The molecule has 0 aliphatic heterocycles. The Balaban J connectivity index is 0.00000341. The molecule has 166 valence electrons. The first kappa shape index (κ1) is 24.6. The third-order valence-corrected chi connectivity index (χ3v) is 4.86. The topological polar surface area (TPSA) is 76.4 Å². The number of para-hydroxylation sites is 1. The summed E-state index contributed by atoms with van der Waals surface area (Å²) in [5, 5.41) is 14.9. The minimum atomic E-state index is 0. The van der Waals surface area contributed by atoms with Crippen LogP contribution < -0.4 is 15.4 Å². The molecule has 2 aromatic carbocycles. The van der Waals surface area contributed by atoms with Gasteiger partial charge in [0.2, 0.25) is 0 Å². The molecule has 3 rings (SSSR count). The van der Waals surface area contributed by atoms with Crippen LogP contribution in [0, 0.1) is 6.92 Å². The first-order chi connectivity index (χ1) is 14.6. The summed E-state index contributed by atoms with van der Waals surface area (Å²) >= 11 is 0. The van der Waals surface area contributed by atoms with Gasteiger partial charge in [0, 0.05) is 24.8 Å². The van der Waals surface area contributed by atoms with Gasteiger partial charge in [0.25, 0.3) is 0 Å². The third kappa shape index (κ3) is 6.95. The van der Waals surface area contributed by atoms with Crippen molar-refractivity contribution in [2.24, 2.45) is 4.99 Å². The molecule has 1 heterocycles. The van der Waals surface area contributed by atoms with E-state index in [0.717, 1.165) is 29.2 Å². The molecule has 0 aliphatic rings.